The molecule has 0 spiro atoms. The first-order chi connectivity index (χ1) is 14.0. The highest BCUT2D eigenvalue weighted by Gasteiger charge is 2.24. The number of benzene rings is 2. The van der Waals surface area contributed by atoms with Crippen LogP contribution in [0.15, 0.2) is 42.5 Å². The van der Waals surface area contributed by atoms with E-state index in [1.54, 1.807) is 4.90 Å². The van der Waals surface area contributed by atoms with Crippen molar-refractivity contribution in [2.24, 2.45) is 0 Å². The van der Waals surface area contributed by atoms with Crippen LogP contribution < -0.4 is 15.0 Å². The van der Waals surface area contributed by atoms with Crippen molar-refractivity contribution in [3.05, 3.63) is 53.1 Å². The Bertz CT molecular complexity index is 1050. The van der Waals surface area contributed by atoms with Crippen LogP contribution in [-0.2, 0) is 0 Å². The molecule has 0 radical (unpaired) electrons. The Balaban J connectivity index is 1.47. The van der Waals surface area contributed by atoms with E-state index in [2.05, 4.69) is 20.2 Å². The van der Waals surface area contributed by atoms with Gasteiger partial charge in [0.05, 0.1) is 28.9 Å². The van der Waals surface area contributed by atoms with Crippen molar-refractivity contribution in [2.75, 3.05) is 43.5 Å². The summed E-state index contributed by atoms with van der Waals surface area (Å²) in [5, 5.41) is 3.57. The second kappa shape index (κ2) is 8.13. The zero-order valence-corrected chi connectivity index (χ0v) is 17.1. The van der Waals surface area contributed by atoms with Gasteiger partial charge in [-0.25, -0.2) is 14.8 Å². The summed E-state index contributed by atoms with van der Waals surface area (Å²) in [4.78, 5) is 25.7. The normalized spacial score (nSPS) is 14.2. The predicted molar refractivity (Wildman–Crippen MR) is 115 cm³/mol. The van der Waals surface area contributed by atoms with Gasteiger partial charge in [0.15, 0.2) is 5.82 Å². The van der Waals surface area contributed by atoms with E-state index in [9.17, 15) is 4.79 Å². The lowest BCUT2D eigenvalue weighted by atomic mass is 10.2. The number of hydrogen-bond acceptors (Lipinski definition) is 5. The lowest BCUT2D eigenvalue weighted by Crippen LogP contribution is -2.50. The number of rotatable bonds is 3. The number of halogens is 1. The Morgan fingerprint density at radius 2 is 1.83 bits per heavy atom. The number of amides is 2. The number of piperazine rings is 1. The number of aryl methyl sites for hydroxylation is 1. The number of fused-ring (bicyclic) bond motifs is 1. The molecule has 1 N–H and O–H groups in total. The summed E-state index contributed by atoms with van der Waals surface area (Å²) in [5.41, 5.74) is 3.50. The van der Waals surface area contributed by atoms with Gasteiger partial charge in [-0.2, -0.15) is 0 Å². The van der Waals surface area contributed by atoms with Crippen LogP contribution in [0.1, 0.15) is 5.56 Å². The van der Waals surface area contributed by atoms with E-state index < -0.39 is 0 Å². The minimum atomic E-state index is -0.219. The molecule has 0 saturated carbocycles. The third kappa shape index (κ3) is 4.05. The lowest BCUT2D eigenvalue weighted by molar-refractivity contribution is 0.208. The number of carbonyl (C=O) groups is 1. The van der Waals surface area contributed by atoms with Crippen molar-refractivity contribution < 1.29 is 9.53 Å². The van der Waals surface area contributed by atoms with Gasteiger partial charge in [0, 0.05) is 26.2 Å². The van der Waals surface area contributed by atoms with Crippen LogP contribution in [0.3, 0.4) is 0 Å². The number of ether oxygens (including phenoxy) is 1. The van der Waals surface area contributed by atoms with Gasteiger partial charge in [-0.05, 0) is 36.8 Å². The number of urea groups is 1. The Labute approximate surface area is 174 Å². The third-order valence-electron chi connectivity index (χ3n) is 4.97. The number of carbonyl (C=O) groups excluding carboxylic acids is 1. The van der Waals surface area contributed by atoms with Crippen LogP contribution in [0.25, 0.3) is 11.0 Å². The molecular formula is C21H22ClN5O2. The van der Waals surface area contributed by atoms with E-state index in [0.717, 1.165) is 21.8 Å². The maximum atomic E-state index is 12.8. The SMILES string of the molecule is COc1nc2ccc(C)cc2nc1NC(=O)N1CCN(c2ccccc2Cl)CC1. The number of para-hydroxylation sites is 1. The Hall–Kier alpha value is -3.06. The van der Waals surface area contributed by atoms with Crippen molar-refractivity contribution in [2.45, 2.75) is 6.92 Å². The number of hydrogen-bond donors (Lipinski definition) is 1. The molecule has 2 aromatic carbocycles. The van der Waals surface area contributed by atoms with Gasteiger partial charge in [0.1, 0.15) is 0 Å². The standard InChI is InChI=1S/C21H22ClN5O2/c1-14-7-8-16-17(13-14)23-19(20(24-16)29-2)25-21(28)27-11-9-26(10-12-27)18-6-4-3-5-15(18)22/h3-8,13H,9-12H2,1-2H3,(H,23,25,28). The maximum Gasteiger partial charge on any atom is 0.323 e. The summed E-state index contributed by atoms with van der Waals surface area (Å²) in [6, 6.07) is 13.3. The molecule has 150 valence electrons. The van der Waals surface area contributed by atoms with Crippen molar-refractivity contribution in [3.8, 4) is 5.88 Å². The van der Waals surface area contributed by atoms with Gasteiger partial charge in [0.25, 0.3) is 5.88 Å². The highest BCUT2D eigenvalue weighted by Crippen LogP contribution is 2.27. The van der Waals surface area contributed by atoms with Gasteiger partial charge in [-0.1, -0.05) is 29.8 Å². The fourth-order valence-corrected chi connectivity index (χ4v) is 3.67. The molecular weight excluding hydrogens is 390 g/mol. The van der Waals surface area contributed by atoms with Crippen molar-refractivity contribution >= 4 is 40.2 Å². The molecule has 0 bridgehead atoms. The second-order valence-corrected chi connectivity index (χ2v) is 7.34. The van der Waals surface area contributed by atoms with Gasteiger partial charge in [-0.3, -0.25) is 5.32 Å². The fourth-order valence-electron chi connectivity index (χ4n) is 3.41. The van der Waals surface area contributed by atoms with E-state index in [1.165, 1.54) is 7.11 Å². The second-order valence-electron chi connectivity index (χ2n) is 6.93. The Morgan fingerprint density at radius 1 is 1.07 bits per heavy atom. The number of methoxy groups -OCH3 is 1. The summed E-state index contributed by atoms with van der Waals surface area (Å²) in [5.74, 6) is 0.619. The van der Waals surface area contributed by atoms with Gasteiger partial charge >= 0.3 is 6.03 Å². The minimum absolute atomic E-state index is 0.219. The molecule has 0 aliphatic carbocycles. The van der Waals surface area contributed by atoms with E-state index in [0.29, 0.717) is 43.4 Å². The van der Waals surface area contributed by atoms with Crippen LogP contribution >= 0.6 is 11.6 Å². The molecule has 4 rings (SSSR count). The minimum Gasteiger partial charge on any atom is -0.478 e. The predicted octanol–water partition coefficient (Wildman–Crippen LogP) is 3.95. The van der Waals surface area contributed by atoms with Crippen LogP contribution in [0.4, 0.5) is 16.3 Å². The van der Waals surface area contributed by atoms with Gasteiger partial charge in [0.2, 0.25) is 0 Å². The molecule has 3 aromatic rings. The van der Waals surface area contributed by atoms with Crippen LogP contribution in [0.2, 0.25) is 5.02 Å². The molecule has 1 aromatic heterocycles. The molecule has 8 heteroatoms. The summed E-state index contributed by atoms with van der Waals surface area (Å²) in [6.07, 6.45) is 0. The Morgan fingerprint density at radius 3 is 2.55 bits per heavy atom. The average molecular weight is 412 g/mol. The van der Waals surface area contributed by atoms with E-state index in [4.69, 9.17) is 16.3 Å². The number of nitrogens with one attached hydrogen (secondary N) is 1. The molecule has 1 aliphatic rings. The number of anilines is 2. The zero-order chi connectivity index (χ0) is 20.4. The largest absolute Gasteiger partial charge is 0.478 e. The first-order valence-corrected chi connectivity index (χ1v) is 9.81. The topological polar surface area (TPSA) is 70.6 Å². The van der Waals surface area contributed by atoms with Crippen molar-refractivity contribution in [1.82, 2.24) is 14.9 Å². The summed E-state index contributed by atoms with van der Waals surface area (Å²) in [6.45, 7) is 4.56. The molecule has 1 aliphatic heterocycles. The zero-order valence-electron chi connectivity index (χ0n) is 16.4. The Kier molecular flexibility index (Phi) is 5.40. The molecule has 0 atom stereocenters. The van der Waals surface area contributed by atoms with Crippen LogP contribution in [0.5, 0.6) is 5.88 Å². The van der Waals surface area contributed by atoms with Crippen molar-refractivity contribution in [1.29, 1.82) is 0 Å². The first kappa shape index (κ1) is 19.3. The number of nitrogens with zero attached hydrogens (tertiary/aromatic N) is 4. The summed E-state index contributed by atoms with van der Waals surface area (Å²) in [7, 11) is 1.52. The highest BCUT2D eigenvalue weighted by atomic mass is 35.5. The summed E-state index contributed by atoms with van der Waals surface area (Å²) < 4.78 is 5.33. The van der Waals surface area contributed by atoms with E-state index in [-0.39, 0.29) is 6.03 Å². The van der Waals surface area contributed by atoms with E-state index >= 15 is 0 Å². The first-order valence-electron chi connectivity index (χ1n) is 9.43. The molecule has 1 fully saturated rings. The van der Waals surface area contributed by atoms with Crippen LogP contribution in [0, 0.1) is 6.92 Å². The summed E-state index contributed by atoms with van der Waals surface area (Å²) >= 11 is 6.29. The monoisotopic (exact) mass is 411 g/mol. The molecule has 2 heterocycles. The van der Waals surface area contributed by atoms with Gasteiger partial charge < -0.3 is 14.5 Å². The van der Waals surface area contributed by atoms with E-state index in [1.807, 2.05) is 49.4 Å². The average Bonchev–Trinajstić information content (AvgIpc) is 2.73. The highest BCUT2D eigenvalue weighted by molar-refractivity contribution is 6.33. The van der Waals surface area contributed by atoms with Crippen molar-refractivity contribution in [3.63, 3.8) is 0 Å². The van der Waals surface area contributed by atoms with Crippen LogP contribution in [-0.4, -0.2) is 54.2 Å². The lowest BCUT2D eigenvalue weighted by Gasteiger charge is -2.36. The molecule has 1 saturated heterocycles. The van der Waals surface area contributed by atoms with Gasteiger partial charge in [-0.15, -0.1) is 0 Å². The molecule has 7 nitrogen and oxygen atoms in total. The number of aromatic nitrogens is 2. The quantitative estimate of drug-likeness (QED) is 0.706. The smallest absolute Gasteiger partial charge is 0.323 e. The maximum absolute atomic E-state index is 12.8. The molecule has 0 unspecified atom stereocenters. The molecule has 2 amide bonds. The third-order valence-corrected chi connectivity index (χ3v) is 5.29. The molecule has 29 heavy (non-hydrogen) atoms. The fraction of sp³-hybridized carbons (Fsp3) is 0.286.